The van der Waals surface area contributed by atoms with E-state index in [1.165, 1.54) is 32.1 Å². The standard InChI is InChI=1S/C15H22N2O2/c18-11-13-7-4-10-16-15(13)17-14(19)9-8-12-5-2-1-3-6-12/h4,7,10,12,18H,1-3,5-6,8-9,11H2,(H,16,17,19). The second-order valence-electron chi connectivity index (χ2n) is 5.26. The SMILES string of the molecule is O=C(CCC1CCCCC1)Nc1ncccc1CO. The van der Waals surface area contributed by atoms with Crippen molar-refractivity contribution in [3.8, 4) is 0 Å². The van der Waals surface area contributed by atoms with Gasteiger partial charge in [0.25, 0.3) is 0 Å². The predicted octanol–water partition coefficient (Wildman–Crippen LogP) is 2.87. The average molecular weight is 262 g/mol. The van der Waals surface area contributed by atoms with E-state index in [-0.39, 0.29) is 12.5 Å². The Bertz CT molecular complexity index is 414. The largest absolute Gasteiger partial charge is 0.392 e. The van der Waals surface area contributed by atoms with Crippen molar-refractivity contribution in [1.29, 1.82) is 0 Å². The summed E-state index contributed by atoms with van der Waals surface area (Å²) < 4.78 is 0. The number of nitrogens with one attached hydrogen (secondary N) is 1. The van der Waals surface area contributed by atoms with Crippen molar-refractivity contribution < 1.29 is 9.90 Å². The summed E-state index contributed by atoms with van der Waals surface area (Å²) in [6, 6.07) is 3.52. The highest BCUT2D eigenvalue weighted by atomic mass is 16.3. The number of carbonyl (C=O) groups excluding carboxylic acids is 1. The smallest absolute Gasteiger partial charge is 0.225 e. The van der Waals surface area contributed by atoms with Gasteiger partial charge in [0.2, 0.25) is 5.91 Å². The Kier molecular flexibility index (Phi) is 5.33. The molecular weight excluding hydrogens is 240 g/mol. The first-order valence-corrected chi connectivity index (χ1v) is 7.14. The molecule has 0 saturated heterocycles. The average Bonchev–Trinajstić information content (AvgIpc) is 2.47. The van der Waals surface area contributed by atoms with Gasteiger partial charge in [0.15, 0.2) is 0 Å². The molecule has 0 atom stereocenters. The fraction of sp³-hybridized carbons (Fsp3) is 0.600. The lowest BCUT2D eigenvalue weighted by Crippen LogP contribution is -2.16. The van der Waals surface area contributed by atoms with Crippen molar-refractivity contribution in [2.75, 3.05) is 5.32 Å². The first-order valence-electron chi connectivity index (χ1n) is 7.14. The van der Waals surface area contributed by atoms with Crippen molar-refractivity contribution in [2.24, 2.45) is 5.92 Å². The molecule has 104 valence electrons. The van der Waals surface area contributed by atoms with Crippen LogP contribution in [0.3, 0.4) is 0 Å². The lowest BCUT2D eigenvalue weighted by molar-refractivity contribution is -0.116. The van der Waals surface area contributed by atoms with Gasteiger partial charge in [-0.3, -0.25) is 4.79 Å². The molecule has 1 aliphatic rings. The van der Waals surface area contributed by atoms with Crippen molar-refractivity contribution in [3.63, 3.8) is 0 Å². The van der Waals surface area contributed by atoms with Gasteiger partial charge in [0.05, 0.1) is 6.61 Å². The van der Waals surface area contributed by atoms with Gasteiger partial charge in [-0.05, 0) is 18.4 Å². The maximum atomic E-state index is 11.9. The quantitative estimate of drug-likeness (QED) is 0.857. The molecule has 2 rings (SSSR count). The van der Waals surface area contributed by atoms with Crippen LogP contribution < -0.4 is 5.32 Å². The third kappa shape index (κ3) is 4.31. The van der Waals surface area contributed by atoms with E-state index in [1.54, 1.807) is 18.3 Å². The van der Waals surface area contributed by atoms with Gasteiger partial charge in [-0.1, -0.05) is 38.2 Å². The number of anilines is 1. The molecule has 1 aromatic heterocycles. The molecule has 1 fully saturated rings. The Morgan fingerprint density at radius 3 is 2.89 bits per heavy atom. The molecule has 0 spiro atoms. The van der Waals surface area contributed by atoms with Crippen LogP contribution in [0.1, 0.15) is 50.5 Å². The summed E-state index contributed by atoms with van der Waals surface area (Å²) in [4.78, 5) is 16.0. The first-order chi connectivity index (χ1) is 9.29. The zero-order valence-corrected chi connectivity index (χ0v) is 11.3. The van der Waals surface area contributed by atoms with Crippen LogP contribution >= 0.6 is 0 Å². The zero-order chi connectivity index (χ0) is 13.5. The summed E-state index contributed by atoms with van der Waals surface area (Å²) in [7, 11) is 0. The van der Waals surface area contributed by atoms with Gasteiger partial charge >= 0.3 is 0 Å². The number of carbonyl (C=O) groups is 1. The Hall–Kier alpha value is -1.42. The zero-order valence-electron chi connectivity index (χ0n) is 11.3. The molecule has 1 aliphatic carbocycles. The molecular formula is C15H22N2O2. The molecule has 1 amide bonds. The fourth-order valence-corrected chi connectivity index (χ4v) is 2.68. The number of aliphatic hydroxyl groups is 1. The number of hydrogen-bond acceptors (Lipinski definition) is 3. The highest BCUT2D eigenvalue weighted by Crippen LogP contribution is 2.27. The van der Waals surface area contributed by atoms with Crippen LogP contribution in [0.2, 0.25) is 0 Å². The lowest BCUT2D eigenvalue weighted by atomic mass is 9.86. The molecule has 2 N–H and O–H groups in total. The van der Waals surface area contributed by atoms with E-state index in [2.05, 4.69) is 10.3 Å². The van der Waals surface area contributed by atoms with Crippen LogP contribution in [0, 0.1) is 5.92 Å². The summed E-state index contributed by atoms with van der Waals surface area (Å²) in [5.74, 6) is 1.19. The minimum absolute atomic E-state index is 0.000950. The minimum Gasteiger partial charge on any atom is -0.392 e. The van der Waals surface area contributed by atoms with Gasteiger partial charge in [-0.2, -0.15) is 0 Å². The second kappa shape index (κ2) is 7.24. The van der Waals surface area contributed by atoms with Crippen LogP contribution in [0.15, 0.2) is 18.3 Å². The summed E-state index contributed by atoms with van der Waals surface area (Å²) in [5.41, 5.74) is 0.661. The van der Waals surface area contributed by atoms with Crippen LogP contribution in [0.4, 0.5) is 5.82 Å². The molecule has 0 unspecified atom stereocenters. The Morgan fingerprint density at radius 1 is 1.37 bits per heavy atom. The molecule has 0 aromatic carbocycles. The molecule has 4 nitrogen and oxygen atoms in total. The van der Waals surface area contributed by atoms with Gasteiger partial charge in [-0.15, -0.1) is 0 Å². The number of amides is 1. The van der Waals surface area contributed by atoms with Gasteiger partial charge in [-0.25, -0.2) is 4.98 Å². The predicted molar refractivity (Wildman–Crippen MR) is 74.6 cm³/mol. The van der Waals surface area contributed by atoms with E-state index in [0.29, 0.717) is 23.7 Å². The van der Waals surface area contributed by atoms with Gasteiger partial charge < -0.3 is 10.4 Å². The molecule has 1 saturated carbocycles. The maximum Gasteiger partial charge on any atom is 0.225 e. The number of aliphatic hydroxyl groups excluding tert-OH is 1. The molecule has 1 heterocycles. The van der Waals surface area contributed by atoms with E-state index in [0.717, 1.165) is 6.42 Å². The van der Waals surface area contributed by atoms with E-state index in [1.807, 2.05) is 0 Å². The molecule has 4 heteroatoms. The Balaban J connectivity index is 1.80. The highest BCUT2D eigenvalue weighted by Gasteiger charge is 2.15. The van der Waals surface area contributed by atoms with E-state index < -0.39 is 0 Å². The fourth-order valence-electron chi connectivity index (χ4n) is 2.68. The number of aromatic nitrogens is 1. The van der Waals surface area contributed by atoms with Crippen LogP contribution in [0.5, 0.6) is 0 Å². The van der Waals surface area contributed by atoms with Crippen molar-refractivity contribution in [3.05, 3.63) is 23.9 Å². The molecule has 19 heavy (non-hydrogen) atoms. The third-order valence-corrected chi connectivity index (χ3v) is 3.82. The van der Waals surface area contributed by atoms with E-state index in [9.17, 15) is 9.90 Å². The van der Waals surface area contributed by atoms with Crippen molar-refractivity contribution in [2.45, 2.75) is 51.6 Å². The molecule has 0 bridgehead atoms. The number of rotatable bonds is 5. The van der Waals surface area contributed by atoms with Crippen LogP contribution in [-0.4, -0.2) is 16.0 Å². The molecule has 0 radical (unpaired) electrons. The second-order valence-corrected chi connectivity index (χ2v) is 5.26. The number of nitrogens with zero attached hydrogens (tertiary/aromatic N) is 1. The van der Waals surface area contributed by atoms with Gasteiger partial charge in [0, 0.05) is 18.2 Å². The lowest BCUT2D eigenvalue weighted by Gasteiger charge is -2.21. The third-order valence-electron chi connectivity index (χ3n) is 3.82. The number of pyridine rings is 1. The van der Waals surface area contributed by atoms with E-state index in [4.69, 9.17) is 0 Å². The summed E-state index contributed by atoms with van der Waals surface area (Å²) in [6.45, 7) is -0.105. The summed E-state index contributed by atoms with van der Waals surface area (Å²) in [5, 5.41) is 12.0. The Labute approximate surface area is 114 Å². The number of hydrogen-bond donors (Lipinski definition) is 2. The molecule has 0 aliphatic heterocycles. The first kappa shape index (κ1) is 14.0. The Morgan fingerprint density at radius 2 is 2.16 bits per heavy atom. The highest BCUT2D eigenvalue weighted by molar-refractivity contribution is 5.90. The maximum absolute atomic E-state index is 11.9. The normalized spacial score (nSPS) is 16.3. The summed E-state index contributed by atoms with van der Waals surface area (Å²) in [6.07, 6.45) is 9.62. The van der Waals surface area contributed by atoms with E-state index >= 15 is 0 Å². The molecule has 1 aromatic rings. The van der Waals surface area contributed by atoms with Crippen molar-refractivity contribution in [1.82, 2.24) is 4.98 Å². The monoisotopic (exact) mass is 262 g/mol. The van der Waals surface area contributed by atoms with Crippen LogP contribution in [-0.2, 0) is 11.4 Å². The topological polar surface area (TPSA) is 62.2 Å². The summed E-state index contributed by atoms with van der Waals surface area (Å²) >= 11 is 0. The minimum atomic E-state index is -0.105. The van der Waals surface area contributed by atoms with Gasteiger partial charge in [0.1, 0.15) is 5.82 Å². The van der Waals surface area contributed by atoms with Crippen molar-refractivity contribution >= 4 is 11.7 Å². The van der Waals surface area contributed by atoms with Crippen LogP contribution in [0.25, 0.3) is 0 Å².